The third-order valence-electron chi connectivity index (χ3n) is 2.25. The van der Waals surface area contributed by atoms with Crippen molar-refractivity contribution < 1.29 is 4.74 Å². The first-order chi connectivity index (χ1) is 7.97. The Balaban J connectivity index is 2.41. The zero-order chi connectivity index (χ0) is 12.8. The molecule has 0 aromatic carbocycles. The maximum Gasteiger partial charge on any atom is 0.127 e. The second-order valence-corrected chi connectivity index (χ2v) is 4.63. The molecule has 2 N–H and O–H groups in total. The predicted octanol–water partition coefficient (Wildman–Crippen LogP) is 1.30. The highest BCUT2D eigenvalue weighted by molar-refractivity contribution is 5.27. The fraction of sp³-hybridized carbons (Fsp3) is 0.667. The summed E-state index contributed by atoms with van der Waals surface area (Å²) in [5, 5.41) is 0. The van der Waals surface area contributed by atoms with Crippen molar-refractivity contribution >= 4 is 5.82 Å². The first-order valence-corrected chi connectivity index (χ1v) is 5.87. The van der Waals surface area contributed by atoms with Gasteiger partial charge in [0.15, 0.2) is 0 Å². The lowest BCUT2D eigenvalue weighted by Crippen LogP contribution is -2.30. The van der Waals surface area contributed by atoms with Crippen LogP contribution in [0.15, 0.2) is 12.4 Å². The summed E-state index contributed by atoms with van der Waals surface area (Å²) in [4.78, 5) is 10.2. The molecule has 5 heteroatoms. The molecular weight excluding hydrogens is 216 g/mol. The van der Waals surface area contributed by atoms with Crippen LogP contribution in [0, 0.1) is 0 Å². The highest BCUT2D eigenvalue weighted by Gasteiger charge is 2.09. The van der Waals surface area contributed by atoms with Crippen molar-refractivity contribution in [2.24, 2.45) is 0 Å². The summed E-state index contributed by atoms with van der Waals surface area (Å²) in [6.07, 6.45) is 1.96. The van der Waals surface area contributed by atoms with Gasteiger partial charge in [0.2, 0.25) is 0 Å². The van der Waals surface area contributed by atoms with Crippen LogP contribution in [0.5, 0.6) is 0 Å². The summed E-state index contributed by atoms with van der Waals surface area (Å²) < 4.78 is 5.68. The van der Waals surface area contributed by atoms with E-state index in [0.717, 1.165) is 18.8 Å². The van der Waals surface area contributed by atoms with Crippen molar-refractivity contribution in [1.29, 1.82) is 0 Å². The topological polar surface area (TPSA) is 64.3 Å². The van der Waals surface area contributed by atoms with E-state index in [1.807, 2.05) is 20.9 Å². The molecule has 1 aromatic rings. The maximum absolute atomic E-state index is 5.68. The van der Waals surface area contributed by atoms with Crippen molar-refractivity contribution in [3.63, 3.8) is 0 Å². The highest BCUT2D eigenvalue weighted by atomic mass is 16.5. The van der Waals surface area contributed by atoms with Crippen LogP contribution in [0.2, 0.25) is 0 Å². The van der Waals surface area contributed by atoms with Crippen molar-refractivity contribution in [3.05, 3.63) is 18.1 Å². The van der Waals surface area contributed by atoms with Gasteiger partial charge in [-0.3, -0.25) is 4.90 Å². The fourth-order valence-corrected chi connectivity index (χ4v) is 1.79. The van der Waals surface area contributed by atoms with E-state index in [1.165, 1.54) is 6.33 Å². The average Bonchev–Trinajstić information content (AvgIpc) is 2.14. The molecule has 0 fully saturated rings. The number of anilines is 1. The molecule has 0 spiro atoms. The Hall–Kier alpha value is -1.20. The van der Waals surface area contributed by atoms with Crippen molar-refractivity contribution in [2.45, 2.75) is 39.5 Å². The molecule has 0 amide bonds. The molecule has 1 atom stereocenters. The number of hydrogen-bond donors (Lipinski definition) is 1. The first-order valence-electron chi connectivity index (χ1n) is 5.87. The Morgan fingerprint density at radius 2 is 2.06 bits per heavy atom. The van der Waals surface area contributed by atoms with Crippen LogP contribution < -0.4 is 5.73 Å². The minimum absolute atomic E-state index is 0.208. The molecular formula is C12H22N4O. The van der Waals surface area contributed by atoms with Crippen LogP contribution in [0.1, 0.15) is 26.5 Å². The van der Waals surface area contributed by atoms with Crippen LogP contribution in [0.3, 0.4) is 0 Å². The monoisotopic (exact) mass is 238 g/mol. The standard InChI is InChI=1S/C12H22N4O/c1-9(2)17-10(3)6-16(4)7-11-5-12(13)15-8-14-11/h5,8-10H,6-7H2,1-4H3,(H2,13,14,15). The van der Waals surface area contributed by atoms with E-state index in [-0.39, 0.29) is 12.2 Å². The van der Waals surface area contributed by atoms with E-state index in [0.29, 0.717) is 5.82 Å². The van der Waals surface area contributed by atoms with E-state index in [4.69, 9.17) is 10.5 Å². The van der Waals surface area contributed by atoms with Gasteiger partial charge >= 0.3 is 0 Å². The van der Waals surface area contributed by atoms with Gasteiger partial charge in [-0.2, -0.15) is 0 Å². The first kappa shape index (κ1) is 13.9. The van der Waals surface area contributed by atoms with Crippen LogP contribution in [-0.4, -0.2) is 40.7 Å². The molecule has 0 saturated carbocycles. The molecule has 1 heterocycles. The Labute approximate surface area is 103 Å². The molecule has 96 valence electrons. The number of hydrogen-bond acceptors (Lipinski definition) is 5. The smallest absolute Gasteiger partial charge is 0.127 e. The van der Waals surface area contributed by atoms with E-state index >= 15 is 0 Å². The summed E-state index contributed by atoms with van der Waals surface area (Å²) in [6.45, 7) is 7.77. The third kappa shape index (κ3) is 5.60. The van der Waals surface area contributed by atoms with Crippen LogP contribution in [-0.2, 0) is 11.3 Å². The third-order valence-corrected chi connectivity index (χ3v) is 2.25. The van der Waals surface area contributed by atoms with Gasteiger partial charge in [0.1, 0.15) is 12.1 Å². The van der Waals surface area contributed by atoms with Crippen LogP contribution >= 0.6 is 0 Å². The second-order valence-electron chi connectivity index (χ2n) is 4.63. The number of ether oxygens (including phenoxy) is 1. The van der Waals surface area contributed by atoms with Crippen LogP contribution in [0.4, 0.5) is 5.82 Å². The lowest BCUT2D eigenvalue weighted by atomic mass is 10.3. The summed E-state index contributed by atoms with van der Waals surface area (Å²) in [7, 11) is 2.04. The lowest BCUT2D eigenvalue weighted by molar-refractivity contribution is 0.00148. The molecule has 1 unspecified atom stereocenters. The normalized spacial score (nSPS) is 13.3. The minimum atomic E-state index is 0.208. The largest absolute Gasteiger partial charge is 0.384 e. The molecule has 17 heavy (non-hydrogen) atoms. The Morgan fingerprint density at radius 1 is 1.35 bits per heavy atom. The highest BCUT2D eigenvalue weighted by Crippen LogP contribution is 2.05. The van der Waals surface area contributed by atoms with Gasteiger partial charge in [0.05, 0.1) is 17.9 Å². The molecule has 1 rings (SSSR count). The molecule has 0 bridgehead atoms. The number of nitrogens with zero attached hydrogens (tertiary/aromatic N) is 3. The fourth-order valence-electron chi connectivity index (χ4n) is 1.79. The number of aromatic nitrogens is 2. The number of rotatable bonds is 6. The Kier molecular flexibility index (Phi) is 5.31. The average molecular weight is 238 g/mol. The van der Waals surface area contributed by atoms with E-state index in [2.05, 4.69) is 21.8 Å². The zero-order valence-electron chi connectivity index (χ0n) is 11.1. The van der Waals surface area contributed by atoms with Gasteiger partial charge in [-0.25, -0.2) is 9.97 Å². The molecule has 0 radical (unpaired) electrons. The van der Waals surface area contributed by atoms with Gasteiger partial charge in [-0.05, 0) is 27.8 Å². The quantitative estimate of drug-likeness (QED) is 0.809. The summed E-state index contributed by atoms with van der Waals surface area (Å²) in [5.41, 5.74) is 6.53. The summed E-state index contributed by atoms with van der Waals surface area (Å²) in [6, 6.07) is 1.80. The van der Waals surface area contributed by atoms with Gasteiger partial charge in [0.25, 0.3) is 0 Å². The SMILES string of the molecule is CC(C)OC(C)CN(C)Cc1cc(N)ncn1. The van der Waals surface area contributed by atoms with E-state index in [9.17, 15) is 0 Å². The molecule has 1 aromatic heterocycles. The van der Waals surface area contributed by atoms with Gasteiger partial charge in [-0.1, -0.05) is 0 Å². The molecule has 5 nitrogen and oxygen atoms in total. The second kappa shape index (κ2) is 6.51. The number of likely N-dealkylation sites (N-methyl/N-ethyl adjacent to an activating group) is 1. The molecule has 0 aliphatic heterocycles. The Bertz CT molecular complexity index is 343. The van der Waals surface area contributed by atoms with Gasteiger partial charge in [-0.15, -0.1) is 0 Å². The maximum atomic E-state index is 5.68. The molecule has 0 aliphatic rings. The predicted molar refractivity (Wildman–Crippen MR) is 68.5 cm³/mol. The molecule has 0 aliphatic carbocycles. The van der Waals surface area contributed by atoms with Gasteiger partial charge < -0.3 is 10.5 Å². The van der Waals surface area contributed by atoms with Crippen molar-refractivity contribution in [3.8, 4) is 0 Å². The van der Waals surface area contributed by atoms with Crippen molar-refractivity contribution in [2.75, 3.05) is 19.3 Å². The summed E-state index contributed by atoms with van der Waals surface area (Å²) >= 11 is 0. The number of nitrogen functional groups attached to an aromatic ring is 1. The zero-order valence-corrected chi connectivity index (χ0v) is 11.1. The lowest BCUT2D eigenvalue weighted by Gasteiger charge is -2.22. The van der Waals surface area contributed by atoms with Crippen molar-refractivity contribution in [1.82, 2.24) is 14.9 Å². The Morgan fingerprint density at radius 3 is 2.65 bits per heavy atom. The van der Waals surface area contributed by atoms with E-state index in [1.54, 1.807) is 6.07 Å². The number of nitrogens with two attached hydrogens (primary N) is 1. The van der Waals surface area contributed by atoms with Crippen LogP contribution in [0.25, 0.3) is 0 Å². The van der Waals surface area contributed by atoms with Gasteiger partial charge in [0, 0.05) is 19.2 Å². The van der Waals surface area contributed by atoms with E-state index < -0.39 is 0 Å². The minimum Gasteiger partial charge on any atom is -0.384 e. The molecule has 0 saturated heterocycles. The summed E-state index contributed by atoms with van der Waals surface area (Å²) in [5.74, 6) is 0.509.